The fourth-order valence-electron chi connectivity index (χ4n) is 2.60. The molecule has 0 heterocycles. The van der Waals surface area contributed by atoms with Crippen molar-refractivity contribution in [3.05, 3.63) is 76.8 Å². The van der Waals surface area contributed by atoms with Gasteiger partial charge in [0.15, 0.2) is 0 Å². The van der Waals surface area contributed by atoms with Crippen molar-refractivity contribution in [2.75, 3.05) is 25.0 Å². The SMILES string of the molecule is C=CCOc1ccc(/C=C/C(=O)N(CCC)CC(=O)Nc2cc(Cl)ccc2Cl)cc1. The van der Waals surface area contributed by atoms with Crippen LogP contribution in [0.25, 0.3) is 6.08 Å². The molecule has 0 bridgehead atoms. The van der Waals surface area contributed by atoms with Gasteiger partial charge >= 0.3 is 0 Å². The minimum atomic E-state index is -0.349. The molecule has 0 fully saturated rings. The van der Waals surface area contributed by atoms with Gasteiger partial charge in [-0.15, -0.1) is 0 Å². The molecule has 2 rings (SSSR count). The lowest BCUT2D eigenvalue weighted by molar-refractivity contribution is -0.130. The Morgan fingerprint density at radius 2 is 1.90 bits per heavy atom. The number of halogens is 2. The van der Waals surface area contributed by atoms with Gasteiger partial charge in [0.25, 0.3) is 0 Å². The monoisotopic (exact) mass is 446 g/mol. The number of anilines is 1. The molecular weight excluding hydrogens is 423 g/mol. The number of nitrogens with zero attached hydrogens (tertiary/aromatic N) is 1. The van der Waals surface area contributed by atoms with Crippen LogP contribution < -0.4 is 10.1 Å². The smallest absolute Gasteiger partial charge is 0.247 e. The highest BCUT2D eigenvalue weighted by molar-refractivity contribution is 6.35. The predicted octanol–water partition coefficient (Wildman–Crippen LogP) is 5.45. The van der Waals surface area contributed by atoms with E-state index in [2.05, 4.69) is 11.9 Å². The lowest BCUT2D eigenvalue weighted by Crippen LogP contribution is -2.37. The van der Waals surface area contributed by atoms with Crippen molar-refractivity contribution in [3.8, 4) is 5.75 Å². The first kappa shape index (κ1) is 23.5. The van der Waals surface area contributed by atoms with Crippen LogP contribution in [0.3, 0.4) is 0 Å². The van der Waals surface area contributed by atoms with Crippen molar-refractivity contribution < 1.29 is 14.3 Å². The van der Waals surface area contributed by atoms with E-state index in [0.29, 0.717) is 28.9 Å². The average molecular weight is 447 g/mol. The van der Waals surface area contributed by atoms with Gasteiger partial charge in [0.1, 0.15) is 18.9 Å². The molecule has 0 unspecified atom stereocenters. The van der Waals surface area contributed by atoms with Crippen LogP contribution in [0.4, 0.5) is 5.69 Å². The third kappa shape index (κ3) is 7.58. The van der Waals surface area contributed by atoms with Crippen LogP contribution in [0.15, 0.2) is 61.2 Å². The van der Waals surface area contributed by atoms with Gasteiger partial charge < -0.3 is 15.0 Å². The van der Waals surface area contributed by atoms with Crippen molar-refractivity contribution in [1.29, 1.82) is 0 Å². The zero-order valence-electron chi connectivity index (χ0n) is 16.7. The number of carbonyl (C=O) groups excluding carboxylic acids is 2. The van der Waals surface area contributed by atoms with Gasteiger partial charge in [0.05, 0.1) is 10.7 Å². The summed E-state index contributed by atoms with van der Waals surface area (Å²) in [7, 11) is 0. The van der Waals surface area contributed by atoms with E-state index in [9.17, 15) is 9.59 Å². The first-order chi connectivity index (χ1) is 14.4. The van der Waals surface area contributed by atoms with E-state index in [1.54, 1.807) is 30.4 Å². The molecule has 0 spiro atoms. The molecule has 30 heavy (non-hydrogen) atoms. The molecule has 2 aromatic carbocycles. The summed E-state index contributed by atoms with van der Waals surface area (Å²) >= 11 is 12.0. The standard InChI is InChI=1S/C23H24Cl2N2O3/c1-3-13-27(16-22(28)26-21-15-18(24)8-11-20(21)25)23(29)12-7-17-5-9-19(10-6-17)30-14-4-2/h4-12,15H,2-3,13-14,16H2,1H3,(H,26,28)/b12-7+. The van der Waals surface area contributed by atoms with Crippen LogP contribution in [0.2, 0.25) is 10.0 Å². The molecule has 5 nitrogen and oxygen atoms in total. The third-order valence-electron chi connectivity index (χ3n) is 4.01. The van der Waals surface area contributed by atoms with Crippen molar-refractivity contribution in [3.63, 3.8) is 0 Å². The van der Waals surface area contributed by atoms with E-state index in [4.69, 9.17) is 27.9 Å². The summed E-state index contributed by atoms with van der Waals surface area (Å²) in [6.07, 6.45) is 5.55. The molecule has 0 atom stereocenters. The molecule has 0 saturated carbocycles. The Hall–Kier alpha value is -2.76. The molecule has 2 aromatic rings. The Morgan fingerprint density at radius 3 is 2.57 bits per heavy atom. The van der Waals surface area contributed by atoms with Crippen LogP contribution in [0.5, 0.6) is 5.75 Å². The van der Waals surface area contributed by atoms with Gasteiger partial charge in [-0.2, -0.15) is 0 Å². The fourth-order valence-corrected chi connectivity index (χ4v) is 2.93. The molecule has 0 aliphatic heterocycles. The van der Waals surface area contributed by atoms with E-state index in [1.165, 1.54) is 11.0 Å². The van der Waals surface area contributed by atoms with Gasteiger partial charge in [-0.3, -0.25) is 9.59 Å². The minimum absolute atomic E-state index is 0.0891. The van der Waals surface area contributed by atoms with E-state index in [-0.39, 0.29) is 18.4 Å². The summed E-state index contributed by atoms with van der Waals surface area (Å²) in [4.78, 5) is 26.5. The normalized spacial score (nSPS) is 10.6. The second kappa shape index (κ2) is 12.1. The Labute approximate surface area is 186 Å². The van der Waals surface area contributed by atoms with Gasteiger partial charge in [0, 0.05) is 17.6 Å². The van der Waals surface area contributed by atoms with E-state index in [0.717, 1.165) is 17.7 Å². The Morgan fingerprint density at radius 1 is 1.17 bits per heavy atom. The maximum absolute atomic E-state index is 12.6. The first-order valence-corrected chi connectivity index (χ1v) is 10.2. The van der Waals surface area contributed by atoms with Gasteiger partial charge in [-0.05, 0) is 48.4 Å². The van der Waals surface area contributed by atoms with Crippen LogP contribution in [-0.2, 0) is 9.59 Å². The highest BCUT2D eigenvalue weighted by Crippen LogP contribution is 2.25. The second-order valence-corrected chi connectivity index (χ2v) is 7.28. The van der Waals surface area contributed by atoms with Gasteiger partial charge in [0.2, 0.25) is 11.8 Å². The quantitative estimate of drug-likeness (QED) is 0.389. The molecule has 0 aliphatic carbocycles. The van der Waals surface area contributed by atoms with E-state index >= 15 is 0 Å². The molecule has 0 saturated heterocycles. The largest absolute Gasteiger partial charge is 0.490 e. The summed E-state index contributed by atoms with van der Waals surface area (Å²) in [5, 5.41) is 3.53. The minimum Gasteiger partial charge on any atom is -0.490 e. The van der Waals surface area contributed by atoms with Gasteiger partial charge in [-0.25, -0.2) is 0 Å². The predicted molar refractivity (Wildman–Crippen MR) is 123 cm³/mol. The van der Waals surface area contributed by atoms with Crippen molar-refractivity contribution in [1.82, 2.24) is 4.90 Å². The second-order valence-electron chi connectivity index (χ2n) is 6.43. The summed E-state index contributed by atoms with van der Waals surface area (Å²) in [5.41, 5.74) is 1.26. The first-order valence-electron chi connectivity index (χ1n) is 9.48. The summed E-state index contributed by atoms with van der Waals surface area (Å²) < 4.78 is 5.43. The Kier molecular flexibility index (Phi) is 9.45. The van der Waals surface area contributed by atoms with Crippen molar-refractivity contribution in [2.24, 2.45) is 0 Å². The maximum Gasteiger partial charge on any atom is 0.247 e. The molecule has 1 N–H and O–H groups in total. The molecule has 0 radical (unpaired) electrons. The lowest BCUT2D eigenvalue weighted by Gasteiger charge is -2.20. The van der Waals surface area contributed by atoms with Crippen LogP contribution in [0.1, 0.15) is 18.9 Å². The number of nitrogens with one attached hydrogen (secondary N) is 1. The summed E-state index contributed by atoms with van der Waals surface area (Å²) in [6, 6.07) is 12.1. The number of hydrogen-bond acceptors (Lipinski definition) is 3. The van der Waals surface area contributed by atoms with Crippen LogP contribution in [0, 0.1) is 0 Å². The van der Waals surface area contributed by atoms with E-state index in [1.807, 2.05) is 31.2 Å². The molecule has 7 heteroatoms. The number of rotatable bonds is 10. The molecule has 158 valence electrons. The topological polar surface area (TPSA) is 58.6 Å². The Bertz CT molecular complexity index is 911. The third-order valence-corrected chi connectivity index (χ3v) is 4.57. The molecule has 0 aliphatic rings. The maximum atomic E-state index is 12.6. The number of benzene rings is 2. The highest BCUT2D eigenvalue weighted by Gasteiger charge is 2.15. The summed E-state index contributed by atoms with van der Waals surface area (Å²) in [6.45, 7) is 6.34. The fraction of sp³-hybridized carbons (Fsp3) is 0.217. The van der Waals surface area contributed by atoms with Crippen molar-refractivity contribution in [2.45, 2.75) is 13.3 Å². The van der Waals surface area contributed by atoms with Crippen molar-refractivity contribution >= 4 is 46.8 Å². The summed E-state index contributed by atoms with van der Waals surface area (Å²) in [5.74, 6) is 0.122. The molecular formula is C23H24Cl2N2O3. The zero-order valence-corrected chi connectivity index (χ0v) is 18.2. The number of carbonyl (C=O) groups is 2. The average Bonchev–Trinajstić information content (AvgIpc) is 2.73. The van der Waals surface area contributed by atoms with Gasteiger partial charge in [-0.1, -0.05) is 54.9 Å². The lowest BCUT2D eigenvalue weighted by atomic mass is 10.2. The highest BCUT2D eigenvalue weighted by atomic mass is 35.5. The zero-order chi connectivity index (χ0) is 21.9. The molecule has 0 aromatic heterocycles. The Balaban J connectivity index is 1.99. The van der Waals surface area contributed by atoms with E-state index < -0.39 is 0 Å². The van der Waals surface area contributed by atoms with Crippen LogP contribution >= 0.6 is 23.2 Å². The van der Waals surface area contributed by atoms with Crippen LogP contribution in [-0.4, -0.2) is 36.4 Å². The molecule has 2 amide bonds. The number of amides is 2. The number of hydrogen-bond donors (Lipinski definition) is 1. The number of ether oxygens (including phenoxy) is 1.